The second-order valence-corrected chi connectivity index (χ2v) is 2.84. The fourth-order valence-electron chi connectivity index (χ4n) is 0.892. The first-order valence-electron chi connectivity index (χ1n) is 3.69. The van der Waals surface area contributed by atoms with Crippen molar-refractivity contribution in [2.45, 2.75) is 25.0 Å². The summed E-state index contributed by atoms with van der Waals surface area (Å²) in [7, 11) is 1.69. The number of rotatable bonds is 5. The van der Waals surface area contributed by atoms with Gasteiger partial charge in [-0.25, -0.2) is 0 Å². The first-order chi connectivity index (χ1) is 5.10. The van der Waals surface area contributed by atoms with Gasteiger partial charge in [-0.1, -0.05) is 0 Å². The number of likely N-dealkylation sites (N-methyl/N-ethyl adjacent to an activating group) is 1. The van der Waals surface area contributed by atoms with E-state index in [4.69, 9.17) is 10.2 Å². The zero-order valence-corrected chi connectivity index (χ0v) is 7.04. The van der Waals surface area contributed by atoms with E-state index >= 15 is 0 Å². The molecule has 0 aromatic heterocycles. The van der Waals surface area contributed by atoms with Crippen LogP contribution in [0.3, 0.4) is 0 Å². The molecule has 0 saturated carbocycles. The molecule has 0 fully saturated rings. The molecular formula is C7H17NO3. The highest BCUT2D eigenvalue weighted by Crippen LogP contribution is 2.13. The number of hydrogen-bond acceptors (Lipinski definition) is 4. The van der Waals surface area contributed by atoms with E-state index < -0.39 is 11.6 Å². The van der Waals surface area contributed by atoms with Crippen LogP contribution in [0.1, 0.15) is 13.3 Å². The van der Waals surface area contributed by atoms with Crippen LogP contribution in [0.2, 0.25) is 0 Å². The molecule has 0 radical (unpaired) electrons. The second kappa shape index (κ2) is 4.66. The summed E-state index contributed by atoms with van der Waals surface area (Å²) >= 11 is 0. The van der Waals surface area contributed by atoms with Crippen molar-refractivity contribution < 1.29 is 15.3 Å². The van der Waals surface area contributed by atoms with Gasteiger partial charge in [0.05, 0.1) is 12.7 Å². The Kier molecular flexibility index (Phi) is 4.60. The molecule has 0 aliphatic rings. The largest absolute Gasteiger partial charge is 0.396 e. The van der Waals surface area contributed by atoms with Crippen molar-refractivity contribution in [2.75, 3.05) is 20.3 Å². The molecule has 0 bridgehead atoms. The highest BCUT2D eigenvalue weighted by molar-refractivity contribution is 4.88. The molecule has 0 aromatic carbocycles. The molecule has 0 aliphatic carbocycles. The van der Waals surface area contributed by atoms with Gasteiger partial charge >= 0.3 is 0 Å². The van der Waals surface area contributed by atoms with Gasteiger partial charge in [0, 0.05) is 12.1 Å². The van der Waals surface area contributed by atoms with E-state index in [2.05, 4.69) is 5.32 Å². The van der Waals surface area contributed by atoms with Gasteiger partial charge < -0.3 is 20.6 Å². The fraction of sp³-hybridized carbons (Fsp3) is 1.00. The Labute approximate surface area is 66.9 Å². The Bertz CT molecular complexity index is 110. The maximum Gasteiger partial charge on any atom is 0.0949 e. The predicted octanol–water partition coefficient (Wildman–Crippen LogP) is -1.30. The maximum atomic E-state index is 9.28. The summed E-state index contributed by atoms with van der Waals surface area (Å²) in [4.78, 5) is 0. The lowest BCUT2D eigenvalue weighted by Crippen LogP contribution is -2.52. The molecule has 0 amide bonds. The molecular weight excluding hydrogens is 146 g/mol. The average molecular weight is 163 g/mol. The Balaban J connectivity index is 4.07. The van der Waals surface area contributed by atoms with Crippen LogP contribution >= 0.6 is 0 Å². The Morgan fingerprint density at radius 1 is 1.45 bits per heavy atom. The number of aliphatic hydroxyl groups is 3. The quantitative estimate of drug-likeness (QED) is 0.406. The minimum absolute atomic E-state index is 0.00556. The summed E-state index contributed by atoms with van der Waals surface area (Å²) in [6.07, 6.45) is -0.412. The molecule has 0 rings (SSSR count). The van der Waals surface area contributed by atoms with Crippen LogP contribution in [-0.2, 0) is 0 Å². The summed E-state index contributed by atoms with van der Waals surface area (Å²) in [5.41, 5.74) is -0.594. The lowest BCUT2D eigenvalue weighted by molar-refractivity contribution is 0.0130. The van der Waals surface area contributed by atoms with E-state index in [1.807, 2.05) is 0 Å². The zero-order chi connectivity index (χ0) is 8.91. The van der Waals surface area contributed by atoms with Crippen LogP contribution in [-0.4, -0.2) is 47.2 Å². The minimum Gasteiger partial charge on any atom is -0.396 e. The molecule has 11 heavy (non-hydrogen) atoms. The van der Waals surface area contributed by atoms with Gasteiger partial charge in [-0.2, -0.15) is 0 Å². The fourth-order valence-corrected chi connectivity index (χ4v) is 0.892. The Hall–Kier alpha value is -0.160. The van der Waals surface area contributed by atoms with E-state index in [9.17, 15) is 5.11 Å². The molecule has 0 spiro atoms. The molecule has 0 heterocycles. The molecule has 0 aliphatic heterocycles. The van der Waals surface area contributed by atoms with Gasteiger partial charge in [-0.3, -0.25) is 0 Å². The van der Waals surface area contributed by atoms with E-state index in [1.165, 1.54) is 0 Å². The average Bonchev–Trinajstić information content (AvgIpc) is 2.03. The summed E-state index contributed by atoms with van der Waals surface area (Å²) in [6.45, 7) is 1.45. The molecule has 0 aromatic rings. The first kappa shape index (κ1) is 10.8. The van der Waals surface area contributed by atoms with Crippen molar-refractivity contribution >= 4 is 0 Å². The lowest BCUT2D eigenvalue weighted by Gasteiger charge is -2.32. The number of hydrogen-bond donors (Lipinski definition) is 4. The third-order valence-electron chi connectivity index (χ3n) is 2.11. The number of nitrogens with one attached hydrogen (secondary N) is 1. The topological polar surface area (TPSA) is 72.7 Å². The third kappa shape index (κ3) is 2.75. The van der Waals surface area contributed by atoms with E-state index in [-0.39, 0.29) is 13.2 Å². The van der Waals surface area contributed by atoms with Gasteiger partial charge in [-0.15, -0.1) is 0 Å². The van der Waals surface area contributed by atoms with Gasteiger partial charge in [0.25, 0.3) is 0 Å². The zero-order valence-electron chi connectivity index (χ0n) is 7.04. The van der Waals surface area contributed by atoms with Crippen LogP contribution in [0, 0.1) is 0 Å². The van der Waals surface area contributed by atoms with Gasteiger partial charge in [-0.05, 0) is 20.4 Å². The van der Waals surface area contributed by atoms with Crippen LogP contribution in [0.4, 0.5) is 0 Å². The van der Waals surface area contributed by atoms with Crippen LogP contribution < -0.4 is 5.32 Å². The smallest absolute Gasteiger partial charge is 0.0949 e. The van der Waals surface area contributed by atoms with Crippen molar-refractivity contribution in [1.82, 2.24) is 5.32 Å². The lowest BCUT2D eigenvalue weighted by atomic mass is 9.92. The molecule has 4 heteroatoms. The monoisotopic (exact) mass is 163 g/mol. The van der Waals surface area contributed by atoms with Gasteiger partial charge in [0.2, 0.25) is 0 Å². The van der Waals surface area contributed by atoms with Crippen molar-refractivity contribution in [3.05, 3.63) is 0 Å². The summed E-state index contributed by atoms with van der Waals surface area (Å²) in [5.74, 6) is 0. The van der Waals surface area contributed by atoms with Crippen LogP contribution in [0.25, 0.3) is 0 Å². The van der Waals surface area contributed by atoms with Crippen molar-refractivity contribution in [3.8, 4) is 0 Å². The Morgan fingerprint density at radius 2 is 2.00 bits per heavy atom. The first-order valence-corrected chi connectivity index (χ1v) is 3.69. The third-order valence-corrected chi connectivity index (χ3v) is 2.11. The van der Waals surface area contributed by atoms with E-state index in [0.717, 1.165) is 0 Å². The summed E-state index contributed by atoms with van der Waals surface area (Å²) < 4.78 is 0. The summed E-state index contributed by atoms with van der Waals surface area (Å²) in [6, 6.07) is 0. The highest BCUT2D eigenvalue weighted by Gasteiger charge is 2.29. The number of aliphatic hydroxyl groups excluding tert-OH is 3. The standard InChI is InChI=1S/C7H17NO3/c1-7(8-2,3-4-9)6(11)5-10/h6,8-11H,3-5H2,1-2H3/t6-,7+/m1/s1. The maximum absolute atomic E-state index is 9.28. The SMILES string of the molecule is CN[C@@](C)(CCO)[C@H](O)CO. The van der Waals surface area contributed by atoms with E-state index in [0.29, 0.717) is 6.42 Å². The molecule has 0 saturated heterocycles. The highest BCUT2D eigenvalue weighted by atomic mass is 16.3. The predicted molar refractivity (Wildman–Crippen MR) is 42.3 cm³/mol. The van der Waals surface area contributed by atoms with E-state index in [1.54, 1.807) is 14.0 Å². The van der Waals surface area contributed by atoms with Crippen molar-refractivity contribution in [1.29, 1.82) is 0 Å². The van der Waals surface area contributed by atoms with Crippen molar-refractivity contribution in [2.24, 2.45) is 0 Å². The molecule has 4 N–H and O–H groups in total. The van der Waals surface area contributed by atoms with Gasteiger partial charge in [0.15, 0.2) is 0 Å². The Morgan fingerprint density at radius 3 is 2.27 bits per heavy atom. The molecule has 4 nitrogen and oxygen atoms in total. The van der Waals surface area contributed by atoms with Crippen molar-refractivity contribution in [3.63, 3.8) is 0 Å². The molecule has 0 unspecified atom stereocenters. The molecule has 68 valence electrons. The molecule has 2 atom stereocenters. The van der Waals surface area contributed by atoms with Crippen LogP contribution in [0.15, 0.2) is 0 Å². The van der Waals surface area contributed by atoms with Gasteiger partial charge in [0.1, 0.15) is 0 Å². The second-order valence-electron chi connectivity index (χ2n) is 2.84. The van der Waals surface area contributed by atoms with Crippen LogP contribution in [0.5, 0.6) is 0 Å². The minimum atomic E-state index is -0.834. The summed E-state index contributed by atoms with van der Waals surface area (Å²) in [5, 5.41) is 29.4. The normalized spacial score (nSPS) is 19.4.